The van der Waals surface area contributed by atoms with E-state index in [1.54, 1.807) is 6.92 Å². The summed E-state index contributed by atoms with van der Waals surface area (Å²) in [6, 6.07) is 32.0. The van der Waals surface area contributed by atoms with Crippen molar-refractivity contribution in [1.82, 2.24) is 20.0 Å². The summed E-state index contributed by atoms with van der Waals surface area (Å²) < 4.78 is 0. The molecule has 0 radical (unpaired) electrons. The smallest absolute Gasteiger partial charge is 0.255 e. The molecule has 3 amide bonds. The molecule has 6 rings (SSSR count). The molecule has 8 nitrogen and oxygen atoms in total. The summed E-state index contributed by atoms with van der Waals surface area (Å²) in [5.41, 5.74) is 7.45. The number of aryl methyl sites for hydroxylation is 1. The van der Waals surface area contributed by atoms with Crippen molar-refractivity contribution in [3.05, 3.63) is 125 Å². The quantitative estimate of drug-likeness (QED) is 0.235. The highest BCUT2D eigenvalue weighted by Gasteiger charge is 2.22. The molecule has 4 aromatic carbocycles. The summed E-state index contributed by atoms with van der Waals surface area (Å²) in [5.74, 6) is -0.0836. The van der Waals surface area contributed by atoms with E-state index < -0.39 is 0 Å². The Balaban J connectivity index is 1.00. The number of nitrogens with one attached hydrogen (secondary N) is 2. The van der Waals surface area contributed by atoms with Crippen LogP contribution in [-0.4, -0.2) is 77.7 Å². The third-order valence-electron chi connectivity index (χ3n) is 9.57. The molecule has 0 saturated carbocycles. The van der Waals surface area contributed by atoms with Crippen molar-refractivity contribution in [3.63, 3.8) is 0 Å². The van der Waals surface area contributed by atoms with Crippen LogP contribution in [0, 0.1) is 6.92 Å². The molecule has 2 N–H and O–H groups in total. The van der Waals surface area contributed by atoms with E-state index in [0.717, 1.165) is 87.6 Å². The van der Waals surface area contributed by atoms with Crippen molar-refractivity contribution >= 4 is 23.4 Å². The maximum atomic E-state index is 13.3. The van der Waals surface area contributed by atoms with Crippen LogP contribution in [0.25, 0.3) is 11.1 Å². The highest BCUT2D eigenvalue weighted by atomic mass is 16.2. The van der Waals surface area contributed by atoms with Crippen molar-refractivity contribution in [3.8, 4) is 11.1 Å². The van der Waals surface area contributed by atoms with Gasteiger partial charge in [0.2, 0.25) is 5.91 Å². The molecule has 0 atom stereocenters. The van der Waals surface area contributed by atoms with Gasteiger partial charge in [0.15, 0.2) is 0 Å². The van der Waals surface area contributed by atoms with Gasteiger partial charge in [-0.2, -0.15) is 0 Å². The van der Waals surface area contributed by atoms with E-state index >= 15 is 0 Å². The second-order valence-electron chi connectivity index (χ2n) is 13.0. The summed E-state index contributed by atoms with van der Waals surface area (Å²) in [4.78, 5) is 44.6. The number of amides is 3. The molecule has 248 valence electrons. The Morgan fingerprint density at radius 1 is 0.667 bits per heavy atom. The lowest BCUT2D eigenvalue weighted by molar-refractivity contribution is -0.130. The van der Waals surface area contributed by atoms with E-state index in [9.17, 15) is 14.4 Å². The lowest BCUT2D eigenvalue weighted by atomic mass is 9.96. The maximum absolute atomic E-state index is 13.3. The largest absolute Gasteiger partial charge is 0.349 e. The molecule has 0 unspecified atom stereocenters. The van der Waals surface area contributed by atoms with Crippen LogP contribution in [0.15, 0.2) is 97.1 Å². The molecule has 2 heterocycles. The lowest BCUT2D eigenvalue weighted by Crippen LogP contribution is -2.47. The van der Waals surface area contributed by atoms with Crippen molar-refractivity contribution in [2.45, 2.75) is 45.8 Å². The molecule has 0 aliphatic carbocycles. The first kappa shape index (κ1) is 33.1. The van der Waals surface area contributed by atoms with Gasteiger partial charge in [-0.25, -0.2) is 0 Å². The van der Waals surface area contributed by atoms with Crippen molar-refractivity contribution < 1.29 is 14.4 Å². The van der Waals surface area contributed by atoms with E-state index in [0.29, 0.717) is 11.1 Å². The number of piperidine rings is 1. The van der Waals surface area contributed by atoms with Crippen molar-refractivity contribution in [1.29, 1.82) is 0 Å². The molecular weight excluding hydrogens is 598 g/mol. The Morgan fingerprint density at radius 3 is 1.92 bits per heavy atom. The number of hydrogen-bond donors (Lipinski definition) is 2. The normalized spacial score (nSPS) is 16.0. The number of likely N-dealkylation sites (tertiary alicyclic amines) is 1. The number of hydrogen-bond acceptors (Lipinski definition) is 5. The zero-order valence-corrected chi connectivity index (χ0v) is 28.0. The number of anilines is 1. The minimum absolute atomic E-state index is 0.0460. The summed E-state index contributed by atoms with van der Waals surface area (Å²) in [6.07, 6.45) is 1.87. The van der Waals surface area contributed by atoms with E-state index in [1.807, 2.05) is 84.6 Å². The van der Waals surface area contributed by atoms with Crippen LogP contribution in [0.2, 0.25) is 0 Å². The van der Waals surface area contributed by atoms with Gasteiger partial charge in [-0.1, -0.05) is 60.7 Å². The third kappa shape index (κ3) is 8.56. The Labute approximate surface area is 283 Å². The fraction of sp³-hybridized carbons (Fsp3) is 0.325. The van der Waals surface area contributed by atoms with Crippen LogP contribution in [-0.2, 0) is 17.9 Å². The molecule has 8 heteroatoms. The number of carbonyl (C=O) groups excluding carboxylic acids is 3. The molecular formula is C40H45N5O3. The Hall–Kier alpha value is -4.79. The maximum Gasteiger partial charge on any atom is 0.255 e. The summed E-state index contributed by atoms with van der Waals surface area (Å²) in [7, 11) is 0. The van der Waals surface area contributed by atoms with Crippen LogP contribution in [0.5, 0.6) is 0 Å². The van der Waals surface area contributed by atoms with Gasteiger partial charge in [-0.3, -0.25) is 24.2 Å². The zero-order chi connectivity index (χ0) is 33.5. The molecule has 0 aromatic heterocycles. The number of nitrogens with zero attached hydrogens (tertiary/aromatic N) is 3. The topological polar surface area (TPSA) is 85.0 Å². The van der Waals surface area contributed by atoms with Gasteiger partial charge in [-0.15, -0.1) is 0 Å². The molecule has 48 heavy (non-hydrogen) atoms. The first-order valence-electron chi connectivity index (χ1n) is 17.0. The minimum atomic E-state index is -0.172. The first-order valence-corrected chi connectivity index (χ1v) is 17.0. The SMILES string of the molecule is CC(=O)N1CCN(Cc2ccc(NC(=O)c3ccc(-c4cc(C(=O)NC5CCN(Cc6ccccc6)CC5)ccc4C)cc3)cc2)CC1. The fourth-order valence-corrected chi connectivity index (χ4v) is 6.60. The Morgan fingerprint density at radius 2 is 1.27 bits per heavy atom. The van der Waals surface area contributed by atoms with Gasteiger partial charge >= 0.3 is 0 Å². The molecule has 4 aromatic rings. The summed E-state index contributed by atoms with van der Waals surface area (Å²) in [5, 5.41) is 6.26. The van der Waals surface area contributed by atoms with Crippen LogP contribution in [0.1, 0.15) is 57.2 Å². The predicted molar refractivity (Wildman–Crippen MR) is 191 cm³/mol. The highest BCUT2D eigenvalue weighted by Crippen LogP contribution is 2.26. The van der Waals surface area contributed by atoms with Crippen molar-refractivity contribution in [2.75, 3.05) is 44.6 Å². The number of rotatable bonds is 9. The van der Waals surface area contributed by atoms with Gasteiger partial charge in [0.1, 0.15) is 0 Å². The van der Waals surface area contributed by atoms with Crippen LogP contribution in [0.3, 0.4) is 0 Å². The van der Waals surface area contributed by atoms with Gasteiger partial charge in [-0.05, 0) is 84.0 Å². The van der Waals surface area contributed by atoms with E-state index in [-0.39, 0.29) is 23.8 Å². The first-order chi connectivity index (χ1) is 23.3. The second-order valence-corrected chi connectivity index (χ2v) is 13.0. The van der Waals surface area contributed by atoms with Gasteiger partial charge < -0.3 is 15.5 Å². The summed E-state index contributed by atoms with van der Waals surface area (Å²) in [6.45, 7) is 10.6. The molecule has 2 fully saturated rings. The molecule has 2 aliphatic heterocycles. The average Bonchev–Trinajstić information content (AvgIpc) is 3.11. The second kappa shape index (κ2) is 15.4. The molecule has 2 saturated heterocycles. The Kier molecular flexibility index (Phi) is 10.6. The van der Waals surface area contributed by atoms with Gasteiger partial charge in [0, 0.05) is 82.1 Å². The van der Waals surface area contributed by atoms with E-state index in [2.05, 4.69) is 44.7 Å². The highest BCUT2D eigenvalue weighted by molar-refractivity contribution is 6.04. The zero-order valence-electron chi connectivity index (χ0n) is 28.0. The van der Waals surface area contributed by atoms with Crippen molar-refractivity contribution in [2.24, 2.45) is 0 Å². The minimum Gasteiger partial charge on any atom is -0.349 e. The Bertz CT molecular complexity index is 1710. The van der Waals surface area contributed by atoms with Crippen LogP contribution in [0.4, 0.5) is 5.69 Å². The molecule has 2 aliphatic rings. The molecule has 0 spiro atoms. The van der Waals surface area contributed by atoms with Gasteiger partial charge in [0.05, 0.1) is 0 Å². The number of benzene rings is 4. The molecule has 0 bridgehead atoms. The van der Waals surface area contributed by atoms with Crippen LogP contribution >= 0.6 is 0 Å². The van der Waals surface area contributed by atoms with Crippen LogP contribution < -0.4 is 10.6 Å². The predicted octanol–water partition coefficient (Wildman–Crippen LogP) is 5.97. The average molecular weight is 644 g/mol. The van der Waals surface area contributed by atoms with E-state index in [4.69, 9.17) is 0 Å². The summed E-state index contributed by atoms with van der Waals surface area (Å²) >= 11 is 0. The number of carbonyl (C=O) groups is 3. The fourth-order valence-electron chi connectivity index (χ4n) is 6.60. The van der Waals surface area contributed by atoms with Gasteiger partial charge in [0.25, 0.3) is 11.8 Å². The third-order valence-corrected chi connectivity index (χ3v) is 9.57. The standard InChI is InChI=1S/C40H45N5O3/c1-29-8-11-35(40(48)42-37-18-20-43(21-19-37)27-31-6-4-3-5-7-31)26-38(29)33-12-14-34(15-13-33)39(47)41-36-16-9-32(10-17-36)28-44-22-24-45(25-23-44)30(2)46/h3-17,26,37H,18-25,27-28H2,1-2H3,(H,41,47)(H,42,48). The number of piperazine rings is 1. The lowest BCUT2D eigenvalue weighted by Gasteiger charge is -2.34. The van der Waals surface area contributed by atoms with E-state index in [1.165, 1.54) is 11.1 Å². The monoisotopic (exact) mass is 643 g/mol.